The van der Waals surface area contributed by atoms with E-state index in [-0.39, 0.29) is 5.82 Å². The van der Waals surface area contributed by atoms with Gasteiger partial charge in [0.05, 0.1) is 0 Å². The number of aromatic amines is 1. The summed E-state index contributed by atoms with van der Waals surface area (Å²) < 4.78 is 13.5. The molecule has 1 aliphatic carbocycles. The van der Waals surface area contributed by atoms with Crippen LogP contribution in [0.4, 0.5) is 4.39 Å². The maximum Gasteiger partial charge on any atom is 0.123 e. The minimum absolute atomic E-state index is 0.132. The molecular formula is C17H21FN2. The quantitative estimate of drug-likeness (QED) is 0.874. The molecule has 1 aromatic carbocycles. The van der Waals surface area contributed by atoms with Crippen molar-refractivity contribution in [2.24, 2.45) is 0 Å². The van der Waals surface area contributed by atoms with Crippen LogP contribution in [-0.4, -0.2) is 29.0 Å². The Kier molecular flexibility index (Phi) is 3.03. The van der Waals surface area contributed by atoms with Crippen molar-refractivity contribution in [3.05, 3.63) is 35.8 Å². The molecule has 1 saturated carbocycles. The normalized spacial score (nSPS) is 27.6. The van der Waals surface area contributed by atoms with E-state index in [1.165, 1.54) is 56.8 Å². The molecule has 2 nitrogen and oxygen atoms in total. The molecule has 1 N–H and O–H groups in total. The average Bonchev–Trinajstić information content (AvgIpc) is 3.17. The van der Waals surface area contributed by atoms with Crippen molar-refractivity contribution < 1.29 is 4.39 Å². The molecule has 106 valence electrons. The van der Waals surface area contributed by atoms with Crippen LogP contribution in [-0.2, 0) is 0 Å². The Bertz CT molecular complexity index is 612. The first-order valence-electron chi connectivity index (χ1n) is 7.82. The standard InChI is InChI=1S/C17H21FN2/c18-13-4-6-17-15(10-13)16(11-19-17)12-3-5-14(9-12)20-7-1-2-8-20/h4,6,10-12,14,19H,1-3,5,7-9H2. The van der Waals surface area contributed by atoms with Crippen LogP contribution in [0.1, 0.15) is 43.6 Å². The molecule has 2 aliphatic rings. The van der Waals surface area contributed by atoms with Gasteiger partial charge in [0.1, 0.15) is 5.82 Å². The van der Waals surface area contributed by atoms with Gasteiger partial charge in [-0.25, -0.2) is 4.39 Å². The molecule has 0 amide bonds. The van der Waals surface area contributed by atoms with Gasteiger partial charge in [-0.15, -0.1) is 0 Å². The Morgan fingerprint density at radius 2 is 2.00 bits per heavy atom. The summed E-state index contributed by atoms with van der Waals surface area (Å²) in [4.78, 5) is 5.96. The zero-order chi connectivity index (χ0) is 13.5. The molecule has 0 bridgehead atoms. The summed E-state index contributed by atoms with van der Waals surface area (Å²) in [5.41, 5.74) is 2.38. The van der Waals surface area contributed by atoms with Crippen LogP contribution in [0, 0.1) is 5.82 Å². The van der Waals surface area contributed by atoms with E-state index >= 15 is 0 Å². The van der Waals surface area contributed by atoms with E-state index in [1.54, 1.807) is 6.07 Å². The zero-order valence-electron chi connectivity index (χ0n) is 11.7. The number of hydrogen-bond donors (Lipinski definition) is 1. The molecule has 0 spiro atoms. The van der Waals surface area contributed by atoms with E-state index in [2.05, 4.69) is 16.1 Å². The lowest BCUT2D eigenvalue weighted by Gasteiger charge is -2.23. The second-order valence-corrected chi connectivity index (χ2v) is 6.34. The number of aromatic nitrogens is 1. The first-order valence-corrected chi connectivity index (χ1v) is 7.82. The van der Waals surface area contributed by atoms with Gasteiger partial charge in [0, 0.05) is 23.1 Å². The van der Waals surface area contributed by atoms with Gasteiger partial charge in [-0.2, -0.15) is 0 Å². The Balaban J connectivity index is 1.59. The number of likely N-dealkylation sites (tertiary alicyclic amines) is 1. The molecule has 2 fully saturated rings. The Hall–Kier alpha value is -1.35. The molecule has 0 radical (unpaired) electrons. The minimum atomic E-state index is -0.132. The van der Waals surface area contributed by atoms with Crippen LogP contribution >= 0.6 is 0 Å². The highest BCUT2D eigenvalue weighted by atomic mass is 19.1. The SMILES string of the molecule is Fc1ccc2[nH]cc(C3CCC(N4CCCC4)C3)c2c1. The fraction of sp³-hybridized carbons (Fsp3) is 0.529. The largest absolute Gasteiger partial charge is 0.361 e. The van der Waals surface area contributed by atoms with Crippen molar-refractivity contribution in [1.82, 2.24) is 9.88 Å². The van der Waals surface area contributed by atoms with Crippen molar-refractivity contribution in [1.29, 1.82) is 0 Å². The predicted octanol–water partition coefficient (Wildman–Crippen LogP) is 4.04. The third-order valence-corrected chi connectivity index (χ3v) is 5.18. The summed E-state index contributed by atoms with van der Waals surface area (Å²) in [5.74, 6) is 0.462. The van der Waals surface area contributed by atoms with Gasteiger partial charge in [0.2, 0.25) is 0 Å². The Morgan fingerprint density at radius 3 is 2.85 bits per heavy atom. The number of fused-ring (bicyclic) bond motifs is 1. The number of nitrogens with one attached hydrogen (secondary N) is 1. The smallest absolute Gasteiger partial charge is 0.123 e. The van der Waals surface area contributed by atoms with E-state index in [9.17, 15) is 4.39 Å². The molecular weight excluding hydrogens is 251 g/mol. The van der Waals surface area contributed by atoms with E-state index in [0.29, 0.717) is 5.92 Å². The van der Waals surface area contributed by atoms with Crippen molar-refractivity contribution in [2.45, 2.75) is 44.1 Å². The summed E-state index contributed by atoms with van der Waals surface area (Å²) in [7, 11) is 0. The fourth-order valence-corrected chi connectivity index (χ4v) is 4.13. The highest BCUT2D eigenvalue weighted by molar-refractivity contribution is 5.83. The van der Waals surface area contributed by atoms with Crippen molar-refractivity contribution >= 4 is 10.9 Å². The maximum absolute atomic E-state index is 13.5. The molecule has 2 atom stereocenters. The van der Waals surface area contributed by atoms with Gasteiger partial charge in [-0.05, 0) is 74.9 Å². The minimum Gasteiger partial charge on any atom is -0.361 e. The number of rotatable bonds is 2. The highest BCUT2D eigenvalue weighted by Gasteiger charge is 2.32. The van der Waals surface area contributed by atoms with Gasteiger partial charge < -0.3 is 9.88 Å². The van der Waals surface area contributed by atoms with Gasteiger partial charge >= 0.3 is 0 Å². The van der Waals surface area contributed by atoms with E-state index in [0.717, 1.165) is 16.9 Å². The molecule has 20 heavy (non-hydrogen) atoms. The van der Waals surface area contributed by atoms with Crippen LogP contribution in [0.3, 0.4) is 0 Å². The van der Waals surface area contributed by atoms with Crippen LogP contribution < -0.4 is 0 Å². The summed E-state index contributed by atoms with van der Waals surface area (Å²) >= 11 is 0. The molecule has 1 aliphatic heterocycles. The number of nitrogens with zero attached hydrogens (tertiary/aromatic N) is 1. The fourth-order valence-electron chi connectivity index (χ4n) is 4.13. The zero-order valence-corrected chi connectivity index (χ0v) is 11.7. The summed E-state index contributed by atoms with van der Waals surface area (Å²) in [6.45, 7) is 2.56. The summed E-state index contributed by atoms with van der Waals surface area (Å²) in [5, 5.41) is 1.08. The van der Waals surface area contributed by atoms with Gasteiger partial charge in [-0.3, -0.25) is 0 Å². The molecule has 2 aromatic rings. The van der Waals surface area contributed by atoms with Gasteiger partial charge in [0.15, 0.2) is 0 Å². The first-order chi connectivity index (χ1) is 9.81. The molecule has 3 heteroatoms. The summed E-state index contributed by atoms with van der Waals surface area (Å²) in [6.07, 6.45) is 8.60. The molecule has 1 saturated heterocycles. The van der Waals surface area contributed by atoms with Crippen molar-refractivity contribution in [3.63, 3.8) is 0 Å². The van der Waals surface area contributed by atoms with E-state index in [4.69, 9.17) is 0 Å². The molecule has 4 rings (SSSR count). The van der Waals surface area contributed by atoms with Gasteiger partial charge in [0.25, 0.3) is 0 Å². The second kappa shape index (κ2) is 4.88. The number of benzene rings is 1. The van der Waals surface area contributed by atoms with E-state index in [1.807, 2.05) is 6.07 Å². The van der Waals surface area contributed by atoms with Crippen LogP contribution in [0.15, 0.2) is 24.4 Å². The highest BCUT2D eigenvalue weighted by Crippen LogP contribution is 2.40. The first kappa shape index (κ1) is 12.4. The lowest BCUT2D eigenvalue weighted by atomic mass is 9.97. The predicted molar refractivity (Wildman–Crippen MR) is 79.4 cm³/mol. The molecule has 1 aromatic heterocycles. The average molecular weight is 272 g/mol. The van der Waals surface area contributed by atoms with Crippen LogP contribution in [0.5, 0.6) is 0 Å². The number of H-pyrrole nitrogens is 1. The summed E-state index contributed by atoms with van der Waals surface area (Å²) in [6, 6.07) is 5.82. The van der Waals surface area contributed by atoms with E-state index < -0.39 is 0 Å². The lowest BCUT2D eigenvalue weighted by Crippen LogP contribution is -2.30. The molecule has 2 unspecified atom stereocenters. The number of hydrogen-bond acceptors (Lipinski definition) is 1. The van der Waals surface area contributed by atoms with Crippen molar-refractivity contribution in [2.75, 3.05) is 13.1 Å². The topological polar surface area (TPSA) is 19.0 Å². The number of halogens is 1. The van der Waals surface area contributed by atoms with Crippen molar-refractivity contribution in [3.8, 4) is 0 Å². The Labute approximate surface area is 119 Å². The third kappa shape index (κ3) is 2.05. The van der Waals surface area contributed by atoms with Gasteiger partial charge in [-0.1, -0.05) is 0 Å². The second-order valence-electron chi connectivity index (χ2n) is 6.34. The monoisotopic (exact) mass is 272 g/mol. The van der Waals surface area contributed by atoms with Crippen LogP contribution in [0.25, 0.3) is 10.9 Å². The molecule has 2 heterocycles. The third-order valence-electron chi connectivity index (χ3n) is 5.18. The van der Waals surface area contributed by atoms with Crippen LogP contribution in [0.2, 0.25) is 0 Å². The maximum atomic E-state index is 13.5. The lowest BCUT2D eigenvalue weighted by molar-refractivity contribution is 0.245. The Morgan fingerprint density at radius 1 is 1.15 bits per heavy atom.